The fourth-order valence-corrected chi connectivity index (χ4v) is 4.52. The normalized spacial score (nSPS) is 28.0. The van der Waals surface area contributed by atoms with Crippen molar-refractivity contribution >= 4 is 17.7 Å². The minimum atomic E-state index is -0.171. The average molecular weight is 261 g/mol. The van der Waals surface area contributed by atoms with Crippen molar-refractivity contribution in [2.75, 3.05) is 13.1 Å². The number of fused-ring (bicyclic) bond motifs is 2. The van der Waals surface area contributed by atoms with Crippen LogP contribution >= 0.6 is 11.8 Å². The van der Waals surface area contributed by atoms with Crippen LogP contribution in [0.4, 0.5) is 0 Å². The van der Waals surface area contributed by atoms with Crippen molar-refractivity contribution in [3.8, 4) is 0 Å². The third-order valence-electron chi connectivity index (χ3n) is 4.00. The van der Waals surface area contributed by atoms with Crippen molar-refractivity contribution in [2.24, 2.45) is 0 Å². The molecular weight excluding hydrogens is 242 g/mol. The monoisotopic (exact) mass is 261 g/mol. The van der Waals surface area contributed by atoms with Gasteiger partial charge in [-0.25, -0.2) is 0 Å². The van der Waals surface area contributed by atoms with E-state index in [0.29, 0.717) is 5.91 Å². The SMILES string of the molecule is O=C1N2CCCC[C@]1(Sc1ccccc1)CCC2. The maximum Gasteiger partial charge on any atom is 0.239 e. The van der Waals surface area contributed by atoms with E-state index >= 15 is 0 Å². The number of carbonyl (C=O) groups is 1. The number of benzene rings is 1. The highest BCUT2D eigenvalue weighted by atomic mass is 32.2. The Morgan fingerprint density at radius 2 is 1.72 bits per heavy atom. The van der Waals surface area contributed by atoms with Gasteiger partial charge < -0.3 is 4.90 Å². The van der Waals surface area contributed by atoms with Crippen LogP contribution in [0.5, 0.6) is 0 Å². The summed E-state index contributed by atoms with van der Waals surface area (Å²) in [6, 6.07) is 10.4. The minimum Gasteiger partial charge on any atom is -0.341 e. The number of hydrogen-bond donors (Lipinski definition) is 0. The Labute approximate surface area is 113 Å². The first-order valence-electron chi connectivity index (χ1n) is 6.84. The van der Waals surface area contributed by atoms with Gasteiger partial charge in [0.05, 0.1) is 4.75 Å². The third-order valence-corrected chi connectivity index (χ3v) is 5.48. The Balaban J connectivity index is 1.88. The van der Waals surface area contributed by atoms with E-state index in [1.54, 1.807) is 11.8 Å². The van der Waals surface area contributed by atoms with Gasteiger partial charge in [0, 0.05) is 18.0 Å². The number of carbonyl (C=O) groups excluding carboxylic acids is 1. The lowest BCUT2D eigenvalue weighted by Crippen LogP contribution is -2.50. The van der Waals surface area contributed by atoms with Gasteiger partial charge in [0.15, 0.2) is 0 Å². The highest BCUT2D eigenvalue weighted by Gasteiger charge is 2.45. The van der Waals surface area contributed by atoms with E-state index in [-0.39, 0.29) is 4.75 Å². The summed E-state index contributed by atoms with van der Waals surface area (Å²) < 4.78 is -0.171. The van der Waals surface area contributed by atoms with Crippen LogP contribution in [-0.4, -0.2) is 28.6 Å². The maximum atomic E-state index is 12.7. The van der Waals surface area contributed by atoms with E-state index in [1.165, 1.54) is 17.7 Å². The molecule has 2 nitrogen and oxygen atoms in total. The summed E-state index contributed by atoms with van der Waals surface area (Å²) in [6.07, 6.45) is 5.60. The molecule has 2 aliphatic rings. The maximum absolute atomic E-state index is 12.7. The molecule has 3 heteroatoms. The van der Waals surface area contributed by atoms with E-state index in [1.807, 2.05) is 6.07 Å². The Morgan fingerprint density at radius 1 is 1.00 bits per heavy atom. The van der Waals surface area contributed by atoms with E-state index in [9.17, 15) is 4.79 Å². The van der Waals surface area contributed by atoms with E-state index in [2.05, 4.69) is 29.2 Å². The summed E-state index contributed by atoms with van der Waals surface area (Å²) in [5.41, 5.74) is 0. The molecular formula is C15H19NOS. The van der Waals surface area contributed by atoms with Crippen LogP contribution in [0.2, 0.25) is 0 Å². The number of piperidine rings is 1. The first-order valence-corrected chi connectivity index (χ1v) is 7.65. The molecule has 18 heavy (non-hydrogen) atoms. The van der Waals surface area contributed by atoms with E-state index in [0.717, 1.165) is 32.4 Å². The van der Waals surface area contributed by atoms with Gasteiger partial charge >= 0.3 is 0 Å². The summed E-state index contributed by atoms with van der Waals surface area (Å²) in [4.78, 5) is 16.0. The topological polar surface area (TPSA) is 20.3 Å². The molecule has 1 atom stereocenters. The number of nitrogens with zero attached hydrogens (tertiary/aromatic N) is 1. The summed E-state index contributed by atoms with van der Waals surface area (Å²) in [5.74, 6) is 0.389. The predicted octanol–water partition coefficient (Wildman–Crippen LogP) is 3.32. The zero-order valence-corrected chi connectivity index (χ0v) is 11.4. The van der Waals surface area contributed by atoms with Gasteiger partial charge in [-0.2, -0.15) is 0 Å². The number of hydrogen-bond acceptors (Lipinski definition) is 2. The second kappa shape index (κ2) is 4.96. The molecule has 2 saturated heterocycles. The van der Waals surface area contributed by atoms with E-state index in [4.69, 9.17) is 0 Å². The Hall–Kier alpha value is -0.960. The molecule has 1 amide bonds. The highest BCUT2D eigenvalue weighted by Crippen LogP contribution is 2.45. The first kappa shape index (κ1) is 12.1. The van der Waals surface area contributed by atoms with Crippen molar-refractivity contribution in [3.05, 3.63) is 30.3 Å². The quantitative estimate of drug-likeness (QED) is 0.814. The molecule has 2 fully saturated rings. The second-order valence-corrected chi connectivity index (χ2v) is 6.72. The molecule has 0 aliphatic carbocycles. The standard InChI is InChI=1S/C15H19NOS/c17-14-15(18-13-7-2-1-3-8-13)9-4-5-11-16(14)12-6-10-15/h1-3,7-8H,4-6,9-12H2/t15-/m0/s1. The van der Waals surface area contributed by atoms with Gasteiger partial charge in [-0.1, -0.05) is 18.2 Å². The molecule has 3 rings (SSSR count). The van der Waals surface area contributed by atoms with Gasteiger partial charge in [-0.05, 0) is 44.2 Å². The molecule has 0 spiro atoms. The van der Waals surface area contributed by atoms with Crippen LogP contribution < -0.4 is 0 Å². The lowest BCUT2D eigenvalue weighted by Gasteiger charge is -2.39. The third kappa shape index (κ3) is 2.16. The Bertz CT molecular complexity index is 433. The van der Waals surface area contributed by atoms with Crippen LogP contribution in [-0.2, 0) is 4.79 Å². The molecule has 0 unspecified atom stereocenters. The first-order chi connectivity index (χ1) is 8.80. The smallest absolute Gasteiger partial charge is 0.239 e. The van der Waals surface area contributed by atoms with Crippen molar-refractivity contribution in [2.45, 2.75) is 41.7 Å². The highest BCUT2D eigenvalue weighted by molar-refractivity contribution is 8.01. The van der Waals surface area contributed by atoms with Gasteiger partial charge in [-0.15, -0.1) is 11.8 Å². The number of rotatable bonds is 2. The molecule has 0 aromatic heterocycles. The van der Waals surface area contributed by atoms with Crippen molar-refractivity contribution < 1.29 is 4.79 Å². The molecule has 1 aromatic carbocycles. The number of amides is 1. The molecule has 0 saturated carbocycles. The second-order valence-electron chi connectivity index (χ2n) is 5.26. The molecule has 2 aliphatic heterocycles. The lowest BCUT2D eigenvalue weighted by molar-refractivity contribution is -0.135. The largest absolute Gasteiger partial charge is 0.341 e. The Morgan fingerprint density at radius 3 is 2.56 bits per heavy atom. The van der Waals surface area contributed by atoms with Crippen LogP contribution in [0, 0.1) is 0 Å². The van der Waals surface area contributed by atoms with Crippen molar-refractivity contribution in [1.82, 2.24) is 4.90 Å². The molecule has 0 N–H and O–H groups in total. The number of thioether (sulfide) groups is 1. The fourth-order valence-electron chi connectivity index (χ4n) is 3.07. The summed E-state index contributed by atoms with van der Waals surface area (Å²) in [5, 5.41) is 0. The van der Waals surface area contributed by atoms with E-state index < -0.39 is 0 Å². The van der Waals surface area contributed by atoms with Gasteiger partial charge in [0.25, 0.3) is 0 Å². The fraction of sp³-hybridized carbons (Fsp3) is 0.533. The van der Waals surface area contributed by atoms with Crippen molar-refractivity contribution in [1.29, 1.82) is 0 Å². The summed E-state index contributed by atoms with van der Waals surface area (Å²) >= 11 is 1.80. The van der Waals surface area contributed by atoms with Crippen LogP contribution in [0.15, 0.2) is 35.2 Å². The van der Waals surface area contributed by atoms with Crippen LogP contribution in [0.3, 0.4) is 0 Å². The van der Waals surface area contributed by atoms with Crippen LogP contribution in [0.1, 0.15) is 32.1 Å². The summed E-state index contributed by atoms with van der Waals surface area (Å²) in [7, 11) is 0. The van der Waals surface area contributed by atoms with Gasteiger partial charge in [-0.3, -0.25) is 4.79 Å². The molecule has 2 bridgehead atoms. The summed E-state index contributed by atoms with van der Waals surface area (Å²) in [6.45, 7) is 1.94. The zero-order valence-electron chi connectivity index (χ0n) is 10.6. The van der Waals surface area contributed by atoms with Crippen molar-refractivity contribution in [3.63, 3.8) is 0 Å². The molecule has 96 valence electrons. The Kier molecular flexibility index (Phi) is 3.33. The zero-order chi connectivity index (χ0) is 12.4. The minimum absolute atomic E-state index is 0.171. The van der Waals surface area contributed by atoms with Gasteiger partial charge in [0.2, 0.25) is 5.91 Å². The van der Waals surface area contributed by atoms with Crippen LogP contribution in [0.25, 0.3) is 0 Å². The predicted molar refractivity (Wildman–Crippen MR) is 74.7 cm³/mol. The van der Waals surface area contributed by atoms with Gasteiger partial charge in [0.1, 0.15) is 0 Å². The molecule has 2 heterocycles. The lowest BCUT2D eigenvalue weighted by atomic mass is 9.93. The average Bonchev–Trinajstić information content (AvgIpc) is 2.49. The molecule has 0 radical (unpaired) electrons. The molecule has 1 aromatic rings.